The number of rotatable bonds is 8. The average molecular weight is 483 g/mol. The van der Waals surface area contributed by atoms with Gasteiger partial charge in [-0.1, -0.05) is 37.6 Å². The normalized spacial score (nSPS) is 11.9. The SMILES string of the molecule is Cc1cc(C)n(C(C)C(=O)Nc2ccc(NC(=O)COc3cc(C(C)C)ccc3C)cc2Cl)n1. The van der Waals surface area contributed by atoms with Crippen LogP contribution in [-0.4, -0.2) is 28.2 Å². The average Bonchev–Trinajstić information content (AvgIpc) is 3.12. The number of anilines is 2. The molecule has 0 spiro atoms. The highest BCUT2D eigenvalue weighted by molar-refractivity contribution is 6.34. The zero-order valence-electron chi connectivity index (χ0n) is 20.4. The van der Waals surface area contributed by atoms with Gasteiger partial charge in [0.2, 0.25) is 5.91 Å². The second-order valence-electron chi connectivity index (χ2n) is 8.75. The van der Waals surface area contributed by atoms with E-state index < -0.39 is 6.04 Å². The minimum absolute atomic E-state index is 0.126. The van der Waals surface area contributed by atoms with Gasteiger partial charge in [0.05, 0.1) is 16.4 Å². The number of carbonyl (C=O) groups excluding carboxylic acids is 2. The molecule has 1 aromatic heterocycles. The Bertz CT molecular complexity index is 1200. The van der Waals surface area contributed by atoms with Gasteiger partial charge in [-0.05, 0) is 75.1 Å². The van der Waals surface area contributed by atoms with Gasteiger partial charge in [-0.2, -0.15) is 5.10 Å². The van der Waals surface area contributed by atoms with Gasteiger partial charge >= 0.3 is 0 Å². The molecule has 0 bridgehead atoms. The molecule has 1 atom stereocenters. The molecule has 1 unspecified atom stereocenters. The summed E-state index contributed by atoms with van der Waals surface area (Å²) in [5.74, 6) is 0.514. The third-order valence-electron chi connectivity index (χ3n) is 5.54. The van der Waals surface area contributed by atoms with Crippen LogP contribution in [0.2, 0.25) is 5.02 Å². The summed E-state index contributed by atoms with van der Waals surface area (Å²) in [6.45, 7) is 11.6. The van der Waals surface area contributed by atoms with Crippen LogP contribution in [0.25, 0.3) is 0 Å². The van der Waals surface area contributed by atoms with Gasteiger partial charge in [-0.15, -0.1) is 0 Å². The van der Waals surface area contributed by atoms with E-state index in [0.29, 0.717) is 28.1 Å². The first kappa shape index (κ1) is 25.3. The molecule has 1 heterocycles. The van der Waals surface area contributed by atoms with Crippen molar-refractivity contribution in [2.75, 3.05) is 17.2 Å². The standard InChI is InChI=1S/C26H31ClN4O3/c1-15(2)20-8-7-16(3)24(12-20)34-14-25(32)28-21-9-10-23(22(27)13-21)29-26(33)19(6)31-18(5)11-17(4)30-31/h7-13,15,19H,14H2,1-6H3,(H,28,32)(H,29,33). The molecule has 2 N–H and O–H groups in total. The zero-order valence-corrected chi connectivity index (χ0v) is 21.2. The smallest absolute Gasteiger partial charge is 0.262 e. The van der Waals surface area contributed by atoms with E-state index in [1.165, 1.54) is 0 Å². The molecule has 0 aliphatic carbocycles. The Kier molecular flexibility index (Phi) is 7.99. The Labute approximate surface area is 205 Å². The lowest BCUT2D eigenvalue weighted by molar-refractivity contribution is -0.119. The first-order valence-corrected chi connectivity index (χ1v) is 11.6. The summed E-state index contributed by atoms with van der Waals surface area (Å²) >= 11 is 6.36. The molecular weight excluding hydrogens is 452 g/mol. The third kappa shape index (κ3) is 6.17. The number of halogens is 1. The van der Waals surface area contributed by atoms with Crippen molar-refractivity contribution >= 4 is 34.8 Å². The van der Waals surface area contributed by atoms with E-state index >= 15 is 0 Å². The second-order valence-corrected chi connectivity index (χ2v) is 9.16. The van der Waals surface area contributed by atoms with Crippen LogP contribution < -0.4 is 15.4 Å². The molecular formula is C26H31ClN4O3. The van der Waals surface area contributed by atoms with Crippen molar-refractivity contribution in [3.63, 3.8) is 0 Å². The van der Waals surface area contributed by atoms with Crippen LogP contribution in [0.5, 0.6) is 5.75 Å². The monoisotopic (exact) mass is 482 g/mol. The lowest BCUT2D eigenvalue weighted by atomic mass is 10.0. The van der Waals surface area contributed by atoms with Crippen LogP contribution in [0.1, 0.15) is 55.2 Å². The van der Waals surface area contributed by atoms with Crippen molar-refractivity contribution in [2.24, 2.45) is 0 Å². The van der Waals surface area contributed by atoms with E-state index in [4.69, 9.17) is 16.3 Å². The Morgan fingerprint density at radius 2 is 1.76 bits per heavy atom. The second kappa shape index (κ2) is 10.7. The summed E-state index contributed by atoms with van der Waals surface area (Å²) < 4.78 is 7.41. The van der Waals surface area contributed by atoms with Crippen molar-refractivity contribution in [1.82, 2.24) is 9.78 Å². The fourth-order valence-electron chi connectivity index (χ4n) is 3.55. The van der Waals surface area contributed by atoms with E-state index in [1.54, 1.807) is 29.8 Å². The molecule has 0 saturated heterocycles. The molecule has 0 fully saturated rings. The minimum atomic E-state index is -0.501. The predicted octanol–water partition coefficient (Wildman–Crippen LogP) is 5.80. The number of benzene rings is 2. The van der Waals surface area contributed by atoms with Crippen LogP contribution in [-0.2, 0) is 9.59 Å². The number of nitrogens with one attached hydrogen (secondary N) is 2. The molecule has 8 heteroatoms. The maximum Gasteiger partial charge on any atom is 0.262 e. The van der Waals surface area contributed by atoms with Gasteiger partial charge in [-0.25, -0.2) is 0 Å². The zero-order chi connectivity index (χ0) is 25.0. The van der Waals surface area contributed by atoms with Crippen LogP contribution in [0, 0.1) is 20.8 Å². The van der Waals surface area contributed by atoms with Crippen molar-refractivity contribution < 1.29 is 14.3 Å². The van der Waals surface area contributed by atoms with Crippen molar-refractivity contribution in [3.05, 3.63) is 70.0 Å². The van der Waals surface area contributed by atoms with E-state index in [0.717, 1.165) is 22.5 Å². The fourth-order valence-corrected chi connectivity index (χ4v) is 3.78. The first-order valence-electron chi connectivity index (χ1n) is 11.2. The van der Waals surface area contributed by atoms with Gasteiger partial charge < -0.3 is 15.4 Å². The maximum absolute atomic E-state index is 12.7. The van der Waals surface area contributed by atoms with Crippen molar-refractivity contribution in [2.45, 2.75) is 53.5 Å². The Morgan fingerprint density at radius 1 is 1.03 bits per heavy atom. The maximum atomic E-state index is 12.7. The molecule has 0 radical (unpaired) electrons. The lowest BCUT2D eigenvalue weighted by Gasteiger charge is -2.16. The fraction of sp³-hybridized carbons (Fsp3) is 0.346. The molecule has 0 aliphatic heterocycles. The highest BCUT2D eigenvalue weighted by atomic mass is 35.5. The van der Waals surface area contributed by atoms with Gasteiger partial charge in [0, 0.05) is 11.4 Å². The Hall–Kier alpha value is -3.32. The number of aryl methyl sites for hydroxylation is 3. The molecule has 7 nitrogen and oxygen atoms in total. The van der Waals surface area contributed by atoms with Gasteiger partial charge in [0.15, 0.2) is 6.61 Å². The van der Waals surface area contributed by atoms with E-state index in [9.17, 15) is 9.59 Å². The first-order chi connectivity index (χ1) is 16.0. The molecule has 180 valence electrons. The summed E-state index contributed by atoms with van der Waals surface area (Å²) in [7, 11) is 0. The summed E-state index contributed by atoms with van der Waals surface area (Å²) in [6.07, 6.45) is 0. The van der Waals surface area contributed by atoms with Crippen LogP contribution in [0.4, 0.5) is 11.4 Å². The summed E-state index contributed by atoms with van der Waals surface area (Å²) in [5.41, 5.74) is 4.83. The number of amides is 2. The minimum Gasteiger partial charge on any atom is -0.483 e. The van der Waals surface area contributed by atoms with Gasteiger partial charge in [0.25, 0.3) is 5.91 Å². The summed E-state index contributed by atoms with van der Waals surface area (Å²) in [4.78, 5) is 25.1. The van der Waals surface area contributed by atoms with Crippen LogP contribution in [0.3, 0.4) is 0 Å². The lowest BCUT2D eigenvalue weighted by Crippen LogP contribution is -2.25. The molecule has 0 aliphatic rings. The third-order valence-corrected chi connectivity index (χ3v) is 5.85. The van der Waals surface area contributed by atoms with E-state index in [2.05, 4.69) is 35.6 Å². The Balaban J connectivity index is 1.59. The molecule has 2 amide bonds. The molecule has 3 rings (SSSR count). The molecule has 0 saturated carbocycles. The number of hydrogen-bond acceptors (Lipinski definition) is 4. The van der Waals surface area contributed by atoms with Crippen LogP contribution >= 0.6 is 11.6 Å². The Morgan fingerprint density at radius 3 is 2.38 bits per heavy atom. The number of nitrogens with zero attached hydrogens (tertiary/aromatic N) is 2. The predicted molar refractivity (Wildman–Crippen MR) is 136 cm³/mol. The van der Waals surface area contributed by atoms with E-state index in [1.807, 2.05) is 39.0 Å². The highest BCUT2D eigenvalue weighted by Gasteiger charge is 2.19. The van der Waals surface area contributed by atoms with Crippen molar-refractivity contribution in [3.8, 4) is 5.75 Å². The topological polar surface area (TPSA) is 85.2 Å². The van der Waals surface area contributed by atoms with Crippen molar-refractivity contribution in [1.29, 1.82) is 0 Å². The molecule has 3 aromatic rings. The van der Waals surface area contributed by atoms with Crippen LogP contribution in [0.15, 0.2) is 42.5 Å². The number of aromatic nitrogens is 2. The molecule has 34 heavy (non-hydrogen) atoms. The quantitative estimate of drug-likeness (QED) is 0.424. The van der Waals surface area contributed by atoms with E-state index in [-0.39, 0.29) is 18.4 Å². The van der Waals surface area contributed by atoms with Gasteiger partial charge in [0.1, 0.15) is 11.8 Å². The summed E-state index contributed by atoms with van der Waals surface area (Å²) in [6, 6.07) is 12.4. The largest absolute Gasteiger partial charge is 0.483 e. The van der Waals surface area contributed by atoms with Gasteiger partial charge in [-0.3, -0.25) is 14.3 Å². The molecule has 2 aromatic carbocycles. The highest BCUT2D eigenvalue weighted by Crippen LogP contribution is 2.27. The number of ether oxygens (including phenoxy) is 1. The number of carbonyl (C=O) groups is 2. The summed E-state index contributed by atoms with van der Waals surface area (Å²) in [5, 5.41) is 10.3. The number of hydrogen-bond donors (Lipinski definition) is 2.